The summed E-state index contributed by atoms with van der Waals surface area (Å²) in [6.45, 7) is -1.73. The SMILES string of the molecule is FC(F)(F)C(F)(F)C(F)(F)C(F)(F)C(F)(F)C(F)(F)C(F)(F)C(F)(F)CCOc1c(Br)cccc1Br. The van der Waals surface area contributed by atoms with Gasteiger partial charge in [0.2, 0.25) is 0 Å². The highest BCUT2D eigenvalue weighted by Crippen LogP contribution is 2.64. The maximum Gasteiger partial charge on any atom is 0.460 e. The van der Waals surface area contributed by atoms with E-state index in [4.69, 9.17) is 0 Å². The third-order valence-corrected chi connectivity index (χ3v) is 5.62. The Kier molecular flexibility index (Phi) is 8.67. The molecule has 0 atom stereocenters. The lowest BCUT2D eigenvalue weighted by molar-refractivity contribution is -0.461. The molecule has 36 heavy (non-hydrogen) atoms. The molecule has 1 aromatic rings. The molecule has 0 heterocycles. The average Bonchev–Trinajstić information content (AvgIpc) is 2.68. The first-order chi connectivity index (χ1) is 15.6. The van der Waals surface area contributed by atoms with Crippen molar-refractivity contribution < 1.29 is 79.4 Å². The molecule has 0 saturated heterocycles. The fraction of sp³-hybridized carbons (Fsp3) is 0.625. The Morgan fingerprint density at radius 2 is 0.861 bits per heavy atom. The molecule has 0 aliphatic rings. The minimum Gasteiger partial charge on any atom is -0.491 e. The molecule has 0 spiro atoms. The van der Waals surface area contributed by atoms with Crippen LogP contribution in [0, 0.1) is 0 Å². The van der Waals surface area contributed by atoms with E-state index in [1.807, 2.05) is 0 Å². The van der Waals surface area contributed by atoms with Gasteiger partial charge in [-0.3, -0.25) is 0 Å². The summed E-state index contributed by atoms with van der Waals surface area (Å²) < 4.78 is 229. The maximum atomic E-state index is 13.8. The minimum absolute atomic E-state index is 0.0590. The van der Waals surface area contributed by atoms with Crippen LogP contribution in [-0.4, -0.2) is 54.2 Å². The van der Waals surface area contributed by atoms with Gasteiger partial charge >= 0.3 is 47.6 Å². The molecule has 0 aromatic heterocycles. The quantitative estimate of drug-likeness (QED) is 0.222. The van der Waals surface area contributed by atoms with E-state index in [0.717, 1.165) is 0 Å². The van der Waals surface area contributed by atoms with Gasteiger partial charge in [-0.25, -0.2) is 0 Å². The molecule has 210 valence electrons. The van der Waals surface area contributed by atoms with Gasteiger partial charge in [0.05, 0.1) is 22.0 Å². The topological polar surface area (TPSA) is 9.23 Å². The molecule has 1 rings (SSSR count). The number of para-hydroxylation sites is 1. The lowest BCUT2D eigenvalue weighted by Gasteiger charge is -2.42. The maximum absolute atomic E-state index is 13.8. The van der Waals surface area contributed by atoms with Gasteiger partial charge in [0, 0.05) is 0 Å². The molecule has 0 fully saturated rings. The van der Waals surface area contributed by atoms with Gasteiger partial charge in [0.15, 0.2) is 0 Å². The third kappa shape index (κ3) is 4.83. The second-order valence-electron chi connectivity index (χ2n) is 6.80. The van der Waals surface area contributed by atoms with Crippen molar-refractivity contribution in [3.8, 4) is 5.75 Å². The number of halogens is 19. The monoisotopic (exact) mass is 696 g/mol. The van der Waals surface area contributed by atoms with E-state index < -0.39 is 66.4 Å². The molecule has 0 radical (unpaired) electrons. The van der Waals surface area contributed by atoms with Crippen molar-refractivity contribution in [1.29, 1.82) is 0 Å². The Hall–Kier alpha value is -1.21. The normalized spacial score (nSPS) is 15.3. The molecule has 0 amide bonds. The Balaban J connectivity index is 3.39. The molecule has 0 aliphatic carbocycles. The molecule has 0 aliphatic heterocycles. The van der Waals surface area contributed by atoms with Crippen LogP contribution in [0.25, 0.3) is 0 Å². The van der Waals surface area contributed by atoms with Gasteiger partial charge in [-0.2, -0.15) is 74.6 Å². The first-order valence-corrected chi connectivity index (χ1v) is 10.0. The summed E-state index contributed by atoms with van der Waals surface area (Å²) in [7, 11) is 0. The van der Waals surface area contributed by atoms with Crippen molar-refractivity contribution in [1.82, 2.24) is 0 Å². The number of hydrogen-bond acceptors (Lipinski definition) is 1. The first kappa shape index (κ1) is 32.8. The Labute approximate surface area is 205 Å². The summed E-state index contributed by atoms with van der Waals surface area (Å²) in [6, 6.07) is 3.67. The fourth-order valence-corrected chi connectivity index (χ4v) is 3.48. The second-order valence-corrected chi connectivity index (χ2v) is 8.51. The number of hydrogen-bond donors (Lipinski definition) is 0. The van der Waals surface area contributed by atoms with Crippen molar-refractivity contribution in [2.75, 3.05) is 6.61 Å². The number of ether oxygens (including phenoxy) is 1. The summed E-state index contributed by atoms with van der Waals surface area (Å²) in [5.74, 6) is -56.9. The lowest BCUT2D eigenvalue weighted by Crippen LogP contribution is -2.74. The predicted octanol–water partition coefficient (Wildman–Crippen LogP) is 8.99. The van der Waals surface area contributed by atoms with E-state index in [-0.39, 0.29) is 8.95 Å². The van der Waals surface area contributed by atoms with E-state index in [9.17, 15) is 74.6 Å². The fourth-order valence-electron chi connectivity index (χ4n) is 2.26. The highest BCUT2D eigenvalue weighted by atomic mass is 79.9. The standard InChI is InChI=1S/C16H7Br2F17O/c17-6-2-1-3-7(18)8(6)36-5-4-9(19,20)10(21,22)11(23,24)12(25,26)13(27,28)14(29,30)15(31,32)16(33,34)35/h1-3H,4-5H2. The minimum atomic E-state index is -8.64. The third-order valence-electron chi connectivity index (χ3n) is 4.37. The highest BCUT2D eigenvalue weighted by Gasteiger charge is 2.95. The van der Waals surface area contributed by atoms with Gasteiger partial charge in [-0.15, -0.1) is 0 Å². The van der Waals surface area contributed by atoms with Crippen LogP contribution >= 0.6 is 31.9 Å². The smallest absolute Gasteiger partial charge is 0.460 e. The van der Waals surface area contributed by atoms with Crippen LogP contribution in [-0.2, 0) is 0 Å². The zero-order chi connectivity index (χ0) is 29.0. The van der Waals surface area contributed by atoms with Crippen molar-refractivity contribution in [2.24, 2.45) is 0 Å². The van der Waals surface area contributed by atoms with Crippen LogP contribution in [0.1, 0.15) is 6.42 Å². The molecule has 0 N–H and O–H groups in total. The average molecular weight is 698 g/mol. The van der Waals surface area contributed by atoms with Gasteiger partial charge in [-0.1, -0.05) is 6.07 Å². The van der Waals surface area contributed by atoms with E-state index >= 15 is 0 Å². The van der Waals surface area contributed by atoms with Crippen molar-refractivity contribution in [3.05, 3.63) is 27.1 Å². The van der Waals surface area contributed by atoms with Crippen LogP contribution in [0.2, 0.25) is 0 Å². The second kappa shape index (κ2) is 9.52. The van der Waals surface area contributed by atoms with E-state index in [1.54, 1.807) is 0 Å². The van der Waals surface area contributed by atoms with Gasteiger partial charge in [0.1, 0.15) is 5.75 Å². The summed E-state index contributed by atoms with van der Waals surface area (Å²) in [5.41, 5.74) is 0. The first-order valence-electron chi connectivity index (χ1n) is 8.43. The molecule has 1 nitrogen and oxygen atoms in total. The predicted molar refractivity (Wildman–Crippen MR) is 92.6 cm³/mol. The van der Waals surface area contributed by atoms with Crippen molar-refractivity contribution >= 4 is 31.9 Å². The van der Waals surface area contributed by atoms with Crippen LogP contribution in [0.5, 0.6) is 5.75 Å². The molecular weight excluding hydrogens is 691 g/mol. The number of benzene rings is 1. The number of rotatable bonds is 10. The summed E-state index contributed by atoms with van der Waals surface area (Å²) in [5, 5.41) is 0. The van der Waals surface area contributed by atoms with Crippen molar-refractivity contribution in [3.63, 3.8) is 0 Å². The van der Waals surface area contributed by atoms with E-state index in [1.165, 1.54) is 18.2 Å². The lowest BCUT2D eigenvalue weighted by atomic mass is 9.88. The van der Waals surface area contributed by atoms with Crippen LogP contribution in [0.3, 0.4) is 0 Å². The Bertz CT molecular complexity index is 921. The largest absolute Gasteiger partial charge is 0.491 e. The van der Waals surface area contributed by atoms with Gasteiger partial charge in [0.25, 0.3) is 0 Å². The molecule has 20 heteroatoms. The van der Waals surface area contributed by atoms with Gasteiger partial charge in [-0.05, 0) is 44.0 Å². The van der Waals surface area contributed by atoms with Crippen molar-refractivity contribution in [2.45, 2.75) is 54.1 Å². The molecule has 1 aromatic carbocycles. The zero-order valence-corrected chi connectivity index (χ0v) is 19.4. The summed E-state index contributed by atoms with van der Waals surface area (Å²) in [6.07, 6.45) is -10.5. The molecule has 0 saturated carbocycles. The summed E-state index contributed by atoms with van der Waals surface area (Å²) >= 11 is 5.58. The number of alkyl halides is 17. The highest BCUT2D eigenvalue weighted by molar-refractivity contribution is 9.11. The van der Waals surface area contributed by atoms with Crippen LogP contribution < -0.4 is 4.74 Å². The van der Waals surface area contributed by atoms with Gasteiger partial charge < -0.3 is 4.74 Å². The zero-order valence-electron chi connectivity index (χ0n) is 16.2. The van der Waals surface area contributed by atoms with Crippen LogP contribution in [0.15, 0.2) is 27.1 Å². The Morgan fingerprint density at radius 1 is 0.528 bits per heavy atom. The molecular formula is C16H7Br2F17O. The van der Waals surface area contributed by atoms with E-state index in [2.05, 4.69) is 36.6 Å². The molecule has 0 unspecified atom stereocenters. The molecule has 0 bridgehead atoms. The summed E-state index contributed by atoms with van der Waals surface area (Å²) in [4.78, 5) is 0. The van der Waals surface area contributed by atoms with Crippen LogP contribution in [0.4, 0.5) is 74.6 Å². The van der Waals surface area contributed by atoms with E-state index in [0.29, 0.717) is 0 Å². The Morgan fingerprint density at radius 3 is 1.22 bits per heavy atom.